The first-order valence-corrected chi connectivity index (χ1v) is 9.67. The van der Waals surface area contributed by atoms with Crippen LogP contribution >= 0.6 is 11.3 Å². The molecule has 1 aliphatic rings. The van der Waals surface area contributed by atoms with Gasteiger partial charge in [-0.1, -0.05) is 0 Å². The number of hydrogen-bond donors (Lipinski definition) is 3. The smallest absolute Gasteiger partial charge is 0.323 e. The number of aromatic nitrogens is 1. The Hall–Kier alpha value is -2.98. The van der Waals surface area contributed by atoms with Crippen molar-refractivity contribution in [1.29, 1.82) is 0 Å². The van der Waals surface area contributed by atoms with Gasteiger partial charge in [0, 0.05) is 42.8 Å². The zero-order chi connectivity index (χ0) is 20.1. The minimum atomic E-state index is -0.522. The van der Waals surface area contributed by atoms with Crippen molar-refractivity contribution in [3.05, 3.63) is 40.9 Å². The van der Waals surface area contributed by atoms with Crippen LogP contribution in [-0.4, -0.2) is 65.9 Å². The van der Waals surface area contributed by atoms with Gasteiger partial charge in [-0.15, -0.1) is 11.3 Å². The van der Waals surface area contributed by atoms with E-state index in [1.54, 1.807) is 34.5 Å². The molecular formula is C18H22N6O3S. The topological polar surface area (TPSA) is 121 Å². The minimum absolute atomic E-state index is 0.0818. The number of nitrogens with two attached hydrogens (primary N) is 1. The number of nitrogens with one attached hydrogen (secondary N) is 2. The molecule has 4 amide bonds. The monoisotopic (exact) mass is 402 g/mol. The highest BCUT2D eigenvalue weighted by atomic mass is 32.1. The van der Waals surface area contributed by atoms with Crippen LogP contribution in [0.15, 0.2) is 29.6 Å². The number of nitrogens with zero attached hydrogens (tertiary/aromatic N) is 3. The number of benzene rings is 1. The third kappa shape index (κ3) is 5.27. The first-order chi connectivity index (χ1) is 13.4. The average Bonchev–Trinajstić information content (AvgIpc) is 3.09. The molecule has 1 aliphatic heterocycles. The SMILES string of the molecule is CN1CCN(C(=O)Nc2nc(CC(=O)Nc3ccc(C(N)=O)cc3)cs2)CC1. The molecule has 0 atom stereocenters. The van der Waals surface area contributed by atoms with Crippen LogP contribution in [0.1, 0.15) is 16.1 Å². The van der Waals surface area contributed by atoms with Crippen LogP contribution in [0, 0.1) is 0 Å². The molecule has 0 aliphatic carbocycles. The maximum Gasteiger partial charge on any atom is 0.323 e. The van der Waals surface area contributed by atoms with Gasteiger partial charge in [-0.2, -0.15) is 0 Å². The number of urea groups is 1. The van der Waals surface area contributed by atoms with Crippen LogP contribution in [0.25, 0.3) is 0 Å². The third-order valence-electron chi connectivity index (χ3n) is 4.35. The number of anilines is 2. The molecule has 4 N–H and O–H groups in total. The van der Waals surface area contributed by atoms with E-state index in [0.717, 1.165) is 13.1 Å². The zero-order valence-corrected chi connectivity index (χ0v) is 16.3. The highest BCUT2D eigenvalue weighted by Gasteiger charge is 2.20. The Morgan fingerprint density at radius 2 is 1.79 bits per heavy atom. The van der Waals surface area contributed by atoms with E-state index >= 15 is 0 Å². The lowest BCUT2D eigenvalue weighted by Crippen LogP contribution is -2.48. The second-order valence-corrected chi connectivity index (χ2v) is 7.39. The Morgan fingerprint density at radius 3 is 2.43 bits per heavy atom. The van der Waals surface area contributed by atoms with E-state index in [9.17, 15) is 14.4 Å². The van der Waals surface area contributed by atoms with Crippen LogP contribution in [0.3, 0.4) is 0 Å². The molecule has 0 spiro atoms. The zero-order valence-electron chi connectivity index (χ0n) is 15.5. The van der Waals surface area contributed by atoms with Gasteiger partial charge < -0.3 is 20.9 Å². The molecule has 0 radical (unpaired) electrons. The first kappa shape index (κ1) is 19.8. The number of rotatable bonds is 5. The molecule has 148 valence electrons. The number of likely N-dealkylation sites (N-methyl/N-ethyl adjacent to an activating group) is 1. The van der Waals surface area contributed by atoms with Gasteiger partial charge >= 0.3 is 6.03 Å². The van der Waals surface area contributed by atoms with E-state index < -0.39 is 5.91 Å². The maximum absolute atomic E-state index is 12.3. The lowest BCUT2D eigenvalue weighted by atomic mass is 10.2. The Labute approximate surface area is 166 Å². The van der Waals surface area contributed by atoms with Crippen molar-refractivity contribution in [2.75, 3.05) is 43.9 Å². The summed E-state index contributed by atoms with van der Waals surface area (Å²) >= 11 is 1.28. The van der Waals surface area contributed by atoms with Crippen LogP contribution < -0.4 is 16.4 Å². The standard InChI is InChI=1S/C18H22N6O3S/c1-23-6-8-24(9-7-23)18(27)22-17-21-14(11-28-17)10-15(25)20-13-4-2-12(3-5-13)16(19)26/h2-5,11H,6-10H2,1H3,(H2,19,26)(H,20,25)(H,21,22,27). The summed E-state index contributed by atoms with van der Waals surface area (Å²) in [4.78, 5) is 43.7. The molecule has 3 rings (SSSR count). The van der Waals surface area contributed by atoms with Crippen LogP contribution in [0.5, 0.6) is 0 Å². The predicted molar refractivity (Wildman–Crippen MR) is 107 cm³/mol. The molecule has 2 aromatic rings. The van der Waals surface area contributed by atoms with Crippen molar-refractivity contribution in [2.24, 2.45) is 5.73 Å². The van der Waals surface area contributed by atoms with Gasteiger partial charge in [0.05, 0.1) is 12.1 Å². The second kappa shape index (κ2) is 8.81. The van der Waals surface area contributed by atoms with Gasteiger partial charge in [-0.05, 0) is 31.3 Å². The quantitative estimate of drug-likeness (QED) is 0.694. The molecule has 1 aromatic carbocycles. The molecule has 1 fully saturated rings. The Balaban J connectivity index is 1.50. The highest BCUT2D eigenvalue weighted by molar-refractivity contribution is 7.13. The second-order valence-electron chi connectivity index (χ2n) is 6.53. The van der Waals surface area contributed by atoms with Gasteiger partial charge in [-0.3, -0.25) is 14.9 Å². The summed E-state index contributed by atoms with van der Waals surface area (Å²) in [6, 6.07) is 6.15. The summed E-state index contributed by atoms with van der Waals surface area (Å²) in [5.74, 6) is -0.763. The molecule has 0 unspecified atom stereocenters. The fourth-order valence-electron chi connectivity index (χ4n) is 2.71. The van der Waals surface area contributed by atoms with Crippen molar-refractivity contribution >= 4 is 40.0 Å². The number of carbonyl (C=O) groups excluding carboxylic acids is 3. The molecular weight excluding hydrogens is 380 g/mol. The largest absolute Gasteiger partial charge is 0.366 e. The Morgan fingerprint density at radius 1 is 1.11 bits per heavy atom. The summed E-state index contributed by atoms with van der Waals surface area (Å²) in [6.45, 7) is 3.04. The minimum Gasteiger partial charge on any atom is -0.366 e. The molecule has 9 nitrogen and oxygen atoms in total. The Kier molecular flexibility index (Phi) is 6.22. The molecule has 0 saturated carbocycles. The van der Waals surface area contributed by atoms with Crippen molar-refractivity contribution < 1.29 is 14.4 Å². The summed E-state index contributed by atoms with van der Waals surface area (Å²) in [5.41, 5.74) is 6.70. The van der Waals surface area contributed by atoms with Gasteiger partial charge in [-0.25, -0.2) is 9.78 Å². The highest BCUT2D eigenvalue weighted by Crippen LogP contribution is 2.17. The van der Waals surface area contributed by atoms with E-state index in [4.69, 9.17) is 5.73 Å². The summed E-state index contributed by atoms with van der Waals surface area (Å²) in [6.07, 6.45) is 0.0818. The van der Waals surface area contributed by atoms with E-state index in [-0.39, 0.29) is 18.4 Å². The number of primary amides is 1. The number of amides is 4. The fourth-order valence-corrected chi connectivity index (χ4v) is 3.41. The van der Waals surface area contributed by atoms with E-state index in [1.165, 1.54) is 11.3 Å². The van der Waals surface area contributed by atoms with E-state index in [0.29, 0.717) is 35.2 Å². The molecule has 1 aromatic heterocycles. The normalized spacial score (nSPS) is 14.5. The summed E-state index contributed by atoms with van der Waals surface area (Å²) in [5, 5.41) is 7.74. The predicted octanol–water partition coefficient (Wildman–Crippen LogP) is 1.20. The van der Waals surface area contributed by atoms with Crippen molar-refractivity contribution in [1.82, 2.24) is 14.8 Å². The van der Waals surface area contributed by atoms with E-state index in [1.807, 2.05) is 7.05 Å². The lowest BCUT2D eigenvalue weighted by molar-refractivity contribution is -0.115. The molecule has 1 saturated heterocycles. The van der Waals surface area contributed by atoms with Gasteiger partial charge in [0.1, 0.15) is 0 Å². The maximum atomic E-state index is 12.3. The van der Waals surface area contributed by atoms with Crippen molar-refractivity contribution in [3.8, 4) is 0 Å². The number of thiazole rings is 1. The number of carbonyl (C=O) groups is 3. The lowest BCUT2D eigenvalue weighted by Gasteiger charge is -2.32. The van der Waals surface area contributed by atoms with Gasteiger partial charge in [0.15, 0.2) is 5.13 Å². The van der Waals surface area contributed by atoms with Crippen LogP contribution in [0.2, 0.25) is 0 Å². The van der Waals surface area contributed by atoms with Crippen molar-refractivity contribution in [2.45, 2.75) is 6.42 Å². The molecule has 10 heteroatoms. The van der Waals surface area contributed by atoms with Gasteiger partial charge in [0.2, 0.25) is 11.8 Å². The van der Waals surface area contributed by atoms with Crippen LogP contribution in [0.4, 0.5) is 15.6 Å². The van der Waals surface area contributed by atoms with Gasteiger partial charge in [0.25, 0.3) is 0 Å². The van der Waals surface area contributed by atoms with Crippen LogP contribution in [-0.2, 0) is 11.2 Å². The number of hydrogen-bond acceptors (Lipinski definition) is 6. The summed E-state index contributed by atoms with van der Waals surface area (Å²) < 4.78 is 0. The van der Waals surface area contributed by atoms with Crippen molar-refractivity contribution in [3.63, 3.8) is 0 Å². The first-order valence-electron chi connectivity index (χ1n) is 8.79. The third-order valence-corrected chi connectivity index (χ3v) is 5.16. The molecule has 0 bridgehead atoms. The number of piperazine rings is 1. The summed E-state index contributed by atoms with van der Waals surface area (Å²) in [7, 11) is 2.03. The average molecular weight is 402 g/mol. The molecule has 28 heavy (non-hydrogen) atoms. The van der Waals surface area contributed by atoms with E-state index in [2.05, 4.69) is 20.5 Å². The molecule has 2 heterocycles. The fraction of sp³-hybridized carbons (Fsp3) is 0.333. The Bertz CT molecular complexity index is 858.